The number of nitrogens with zero attached hydrogens (tertiary/aromatic N) is 5. The highest BCUT2D eigenvalue weighted by molar-refractivity contribution is 7.99. The number of methoxy groups -OCH3 is 1. The number of anilines is 1. The zero-order valence-corrected chi connectivity index (χ0v) is 19.0. The fourth-order valence-electron chi connectivity index (χ4n) is 4.02. The molecule has 8 nitrogen and oxygen atoms in total. The smallest absolute Gasteiger partial charge is 0.235 e. The van der Waals surface area contributed by atoms with E-state index in [-0.39, 0.29) is 11.7 Å². The second kappa shape index (κ2) is 9.55. The second-order valence-corrected chi connectivity index (χ2v) is 8.77. The molecule has 0 saturated heterocycles. The monoisotopic (exact) mass is 440 g/mol. The molecular weight excluding hydrogens is 412 g/mol. The van der Waals surface area contributed by atoms with Gasteiger partial charge in [-0.05, 0) is 44.0 Å². The molecule has 0 bridgehead atoms. The van der Waals surface area contributed by atoms with Crippen LogP contribution in [-0.4, -0.2) is 43.3 Å². The van der Waals surface area contributed by atoms with E-state index in [0.717, 1.165) is 40.8 Å². The van der Waals surface area contributed by atoms with Gasteiger partial charge in [0.15, 0.2) is 11.0 Å². The third-order valence-electron chi connectivity index (χ3n) is 5.55. The van der Waals surface area contributed by atoms with E-state index in [9.17, 15) is 4.79 Å². The third kappa shape index (κ3) is 4.92. The lowest BCUT2D eigenvalue weighted by atomic mass is 9.95. The van der Waals surface area contributed by atoms with Gasteiger partial charge in [0.2, 0.25) is 5.91 Å². The molecule has 4 rings (SSSR count). The molecule has 1 fully saturated rings. The molecule has 2 heterocycles. The zero-order chi connectivity index (χ0) is 21.8. The van der Waals surface area contributed by atoms with E-state index in [1.165, 1.54) is 31.0 Å². The number of amides is 1. The summed E-state index contributed by atoms with van der Waals surface area (Å²) < 4.78 is 9.18. The number of rotatable bonds is 7. The lowest BCUT2D eigenvalue weighted by molar-refractivity contribution is -0.113. The summed E-state index contributed by atoms with van der Waals surface area (Å²) in [5, 5.41) is 16.9. The maximum Gasteiger partial charge on any atom is 0.235 e. The van der Waals surface area contributed by atoms with Crippen LogP contribution in [0.1, 0.15) is 43.8 Å². The number of carbonyl (C=O) groups excluding carboxylic acids is 1. The van der Waals surface area contributed by atoms with Crippen LogP contribution in [0.15, 0.2) is 35.5 Å². The molecule has 1 amide bonds. The summed E-state index contributed by atoms with van der Waals surface area (Å²) >= 11 is 1.43. The molecular formula is C22H28N6O2S. The highest BCUT2D eigenvalue weighted by atomic mass is 32.2. The minimum Gasteiger partial charge on any atom is -0.497 e. The van der Waals surface area contributed by atoms with E-state index >= 15 is 0 Å². The molecule has 1 aliphatic rings. The fraction of sp³-hybridized carbons (Fsp3) is 0.455. The fourth-order valence-corrected chi connectivity index (χ4v) is 4.82. The highest BCUT2D eigenvalue weighted by Gasteiger charge is 2.24. The summed E-state index contributed by atoms with van der Waals surface area (Å²) in [5.74, 6) is 2.52. The number of carbonyl (C=O) groups is 1. The van der Waals surface area contributed by atoms with Crippen LogP contribution in [0.4, 0.5) is 5.82 Å². The van der Waals surface area contributed by atoms with Gasteiger partial charge in [0.05, 0.1) is 18.6 Å². The van der Waals surface area contributed by atoms with Gasteiger partial charge >= 0.3 is 0 Å². The molecule has 0 radical (unpaired) electrons. The summed E-state index contributed by atoms with van der Waals surface area (Å²) in [6, 6.07) is 10.1. The first kappa shape index (κ1) is 21.4. The lowest BCUT2D eigenvalue weighted by Gasteiger charge is -2.25. The van der Waals surface area contributed by atoms with Gasteiger partial charge in [0, 0.05) is 24.7 Å². The van der Waals surface area contributed by atoms with Crippen molar-refractivity contribution in [2.45, 2.75) is 50.2 Å². The van der Waals surface area contributed by atoms with E-state index in [1.54, 1.807) is 11.8 Å². The van der Waals surface area contributed by atoms with Gasteiger partial charge in [0.25, 0.3) is 0 Å². The topological polar surface area (TPSA) is 86.9 Å². The number of hydrogen-bond acceptors (Lipinski definition) is 6. The summed E-state index contributed by atoms with van der Waals surface area (Å²) in [4.78, 5) is 12.5. The molecule has 0 unspecified atom stereocenters. The van der Waals surface area contributed by atoms with Gasteiger partial charge in [0.1, 0.15) is 11.6 Å². The van der Waals surface area contributed by atoms with Crippen molar-refractivity contribution in [3.63, 3.8) is 0 Å². The molecule has 31 heavy (non-hydrogen) atoms. The van der Waals surface area contributed by atoms with Crippen molar-refractivity contribution < 1.29 is 9.53 Å². The first-order chi connectivity index (χ1) is 15.0. The van der Waals surface area contributed by atoms with Gasteiger partial charge in [-0.1, -0.05) is 31.0 Å². The van der Waals surface area contributed by atoms with Crippen molar-refractivity contribution in [2.24, 2.45) is 7.05 Å². The van der Waals surface area contributed by atoms with Crippen LogP contribution in [-0.2, 0) is 11.8 Å². The van der Waals surface area contributed by atoms with Crippen LogP contribution < -0.4 is 10.1 Å². The van der Waals surface area contributed by atoms with Crippen molar-refractivity contribution in [1.82, 2.24) is 24.5 Å². The molecule has 9 heteroatoms. The molecule has 1 saturated carbocycles. The standard InChI is InChI=1S/C22H28N6O2S/c1-15-13-19(27(2)26-15)23-20(29)14-31-22-25-24-21(16-9-11-18(30-3)12-10-16)28(22)17-7-5-4-6-8-17/h9-13,17H,4-8,14H2,1-3H3,(H,23,29). The maximum atomic E-state index is 12.5. The Morgan fingerprint density at radius 1 is 1.19 bits per heavy atom. The molecule has 164 valence electrons. The quantitative estimate of drug-likeness (QED) is 0.553. The maximum absolute atomic E-state index is 12.5. The largest absolute Gasteiger partial charge is 0.497 e. The first-order valence-corrected chi connectivity index (χ1v) is 11.6. The second-order valence-electron chi connectivity index (χ2n) is 7.83. The minimum atomic E-state index is -0.0859. The predicted octanol–water partition coefficient (Wildman–Crippen LogP) is 4.23. The number of hydrogen-bond donors (Lipinski definition) is 1. The molecule has 1 aromatic carbocycles. The molecule has 0 atom stereocenters. The van der Waals surface area contributed by atoms with E-state index in [0.29, 0.717) is 11.9 Å². The molecule has 1 N–H and O–H groups in total. The third-order valence-corrected chi connectivity index (χ3v) is 6.50. The number of benzene rings is 1. The van der Waals surface area contributed by atoms with E-state index < -0.39 is 0 Å². The van der Waals surface area contributed by atoms with Crippen molar-refractivity contribution >= 4 is 23.5 Å². The Hall–Kier alpha value is -2.81. The van der Waals surface area contributed by atoms with Gasteiger partial charge < -0.3 is 10.1 Å². The number of thioether (sulfide) groups is 1. The van der Waals surface area contributed by atoms with Crippen LogP contribution in [0.3, 0.4) is 0 Å². The van der Waals surface area contributed by atoms with Crippen molar-refractivity contribution in [1.29, 1.82) is 0 Å². The lowest BCUT2D eigenvalue weighted by Crippen LogP contribution is -2.18. The van der Waals surface area contributed by atoms with E-state index in [1.807, 2.05) is 44.3 Å². The van der Waals surface area contributed by atoms with Crippen LogP contribution >= 0.6 is 11.8 Å². The summed E-state index contributed by atoms with van der Waals surface area (Å²) in [6.07, 6.45) is 5.89. The number of aromatic nitrogens is 5. The van der Waals surface area contributed by atoms with Gasteiger partial charge in [-0.3, -0.25) is 14.0 Å². The molecule has 0 aliphatic heterocycles. The van der Waals surface area contributed by atoms with Crippen LogP contribution in [0.5, 0.6) is 5.75 Å². The van der Waals surface area contributed by atoms with Crippen molar-refractivity contribution in [2.75, 3.05) is 18.2 Å². The Labute approximate surface area is 186 Å². The SMILES string of the molecule is COc1ccc(-c2nnc(SCC(=O)Nc3cc(C)nn3C)n2C2CCCCC2)cc1. The van der Waals surface area contributed by atoms with Gasteiger partial charge in [-0.2, -0.15) is 5.10 Å². The molecule has 1 aliphatic carbocycles. The van der Waals surface area contributed by atoms with Crippen molar-refractivity contribution in [3.8, 4) is 17.1 Å². The average Bonchev–Trinajstić information content (AvgIpc) is 3.35. The van der Waals surface area contributed by atoms with Crippen LogP contribution in [0, 0.1) is 6.92 Å². The Kier molecular flexibility index (Phi) is 6.60. The normalized spacial score (nSPS) is 14.5. The van der Waals surface area contributed by atoms with E-state index in [2.05, 4.69) is 25.2 Å². The zero-order valence-electron chi connectivity index (χ0n) is 18.2. The van der Waals surface area contributed by atoms with Crippen LogP contribution in [0.25, 0.3) is 11.4 Å². The highest BCUT2D eigenvalue weighted by Crippen LogP contribution is 2.36. The van der Waals surface area contributed by atoms with Gasteiger partial charge in [-0.15, -0.1) is 10.2 Å². The van der Waals surface area contributed by atoms with Crippen LogP contribution in [0.2, 0.25) is 0 Å². The molecule has 2 aromatic heterocycles. The van der Waals surface area contributed by atoms with Crippen molar-refractivity contribution in [3.05, 3.63) is 36.0 Å². The molecule has 0 spiro atoms. The Morgan fingerprint density at radius 3 is 2.58 bits per heavy atom. The Balaban J connectivity index is 1.54. The number of aryl methyl sites for hydroxylation is 2. The minimum absolute atomic E-state index is 0.0859. The molecule has 3 aromatic rings. The Morgan fingerprint density at radius 2 is 1.94 bits per heavy atom. The van der Waals surface area contributed by atoms with Gasteiger partial charge in [-0.25, -0.2) is 0 Å². The summed E-state index contributed by atoms with van der Waals surface area (Å²) in [6.45, 7) is 1.90. The number of nitrogens with one attached hydrogen (secondary N) is 1. The predicted molar refractivity (Wildman–Crippen MR) is 121 cm³/mol. The summed E-state index contributed by atoms with van der Waals surface area (Å²) in [5.41, 5.74) is 1.87. The summed E-state index contributed by atoms with van der Waals surface area (Å²) in [7, 11) is 3.47. The first-order valence-electron chi connectivity index (χ1n) is 10.6. The average molecular weight is 441 g/mol. The van der Waals surface area contributed by atoms with E-state index in [4.69, 9.17) is 4.74 Å². The number of ether oxygens (including phenoxy) is 1. The Bertz CT molecular complexity index is 1040.